The van der Waals surface area contributed by atoms with Crippen molar-refractivity contribution in [2.24, 2.45) is 11.8 Å². The molecule has 0 bridgehead atoms. The van der Waals surface area contributed by atoms with Crippen molar-refractivity contribution in [3.63, 3.8) is 0 Å². The molecule has 0 aliphatic heterocycles. The second-order valence-electron chi connectivity index (χ2n) is 21.1. The minimum Gasteiger partial charge on any atom is -0.496 e. The molecule has 0 heterocycles. The van der Waals surface area contributed by atoms with Gasteiger partial charge in [-0.15, -0.1) is 0 Å². The fourth-order valence-corrected chi connectivity index (χ4v) is 8.10. The first-order valence-electron chi connectivity index (χ1n) is 24.7. The predicted octanol–water partition coefficient (Wildman–Crippen LogP) is 7.74. The summed E-state index contributed by atoms with van der Waals surface area (Å²) < 4.78 is 27.8. The van der Waals surface area contributed by atoms with E-state index in [0.717, 1.165) is 21.9 Å². The summed E-state index contributed by atoms with van der Waals surface area (Å²) in [5.41, 5.74) is -0.880. The molecule has 1 aliphatic rings. The van der Waals surface area contributed by atoms with Crippen LogP contribution in [0.4, 0.5) is 9.59 Å². The van der Waals surface area contributed by atoms with Crippen molar-refractivity contribution in [1.29, 1.82) is 0 Å². The average Bonchev–Trinajstić information content (AvgIpc) is 3.29. The van der Waals surface area contributed by atoms with Crippen molar-refractivity contribution in [3.8, 4) is 5.75 Å². The van der Waals surface area contributed by atoms with E-state index in [1.807, 2.05) is 66.7 Å². The number of esters is 3. The van der Waals surface area contributed by atoms with Crippen LogP contribution < -0.4 is 31.3 Å². The van der Waals surface area contributed by atoms with Gasteiger partial charge in [0, 0.05) is 37.2 Å². The van der Waals surface area contributed by atoms with Gasteiger partial charge in [0.05, 0.1) is 7.11 Å². The second-order valence-corrected chi connectivity index (χ2v) is 21.1. The molecule has 3 atom stereocenters. The highest BCUT2D eigenvalue weighted by Gasteiger charge is 2.33. The van der Waals surface area contributed by atoms with E-state index in [2.05, 4.69) is 26.6 Å². The Morgan fingerprint density at radius 2 is 1.23 bits per heavy atom. The van der Waals surface area contributed by atoms with Crippen molar-refractivity contribution < 1.29 is 57.2 Å². The number of urea groups is 1. The Balaban J connectivity index is 1.38. The van der Waals surface area contributed by atoms with Gasteiger partial charge in [0.15, 0.2) is 0 Å². The summed E-state index contributed by atoms with van der Waals surface area (Å²) in [7, 11) is 1.57. The predicted molar refractivity (Wildman–Crippen MR) is 269 cm³/mol. The van der Waals surface area contributed by atoms with Gasteiger partial charge in [-0.05, 0) is 136 Å². The molecule has 4 rings (SSSR count). The van der Waals surface area contributed by atoms with Crippen molar-refractivity contribution in [2.45, 2.75) is 168 Å². The lowest BCUT2D eigenvalue weighted by molar-refractivity contribution is -0.159. The van der Waals surface area contributed by atoms with Gasteiger partial charge in [-0.1, -0.05) is 66.7 Å². The zero-order chi connectivity index (χ0) is 52.4. The molecule has 0 unspecified atom stereocenters. The second kappa shape index (κ2) is 26.7. The quantitative estimate of drug-likeness (QED) is 0.0370. The summed E-state index contributed by atoms with van der Waals surface area (Å²) in [4.78, 5) is 93.0. The zero-order valence-corrected chi connectivity index (χ0v) is 43.3. The molecule has 0 spiro atoms. The molecule has 17 heteroatoms. The molecule has 17 nitrogen and oxygen atoms in total. The number of fused-ring (bicyclic) bond motifs is 1. The fraction of sp³-hybridized carbons (Fsp3) is 0.574. The molecule has 0 radical (unpaired) electrons. The number of methoxy groups -OCH3 is 1. The lowest BCUT2D eigenvalue weighted by Gasteiger charge is -2.29. The largest absolute Gasteiger partial charge is 0.496 e. The van der Waals surface area contributed by atoms with E-state index in [0.29, 0.717) is 50.8 Å². The number of nitrogens with one attached hydrogen (secondary N) is 5. The fourth-order valence-electron chi connectivity index (χ4n) is 8.10. The molecule has 1 fully saturated rings. The van der Waals surface area contributed by atoms with Crippen molar-refractivity contribution in [1.82, 2.24) is 26.6 Å². The van der Waals surface area contributed by atoms with Crippen molar-refractivity contribution >= 4 is 52.6 Å². The summed E-state index contributed by atoms with van der Waals surface area (Å²) in [6.07, 6.45) is 2.83. The van der Waals surface area contributed by atoms with Crippen LogP contribution in [0, 0.1) is 11.8 Å². The smallest absolute Gasteiger partial charge is 0.407 e. The number of unbranched alkanes of at least 4 members (excludes halogenated alkanes) is 1. The Morgan fingerprint density at radius 1 is 0.634 bits per heavy atom. The number of amides is 5. The summed E-state index contributed by atoms with van der Waals surface area (Å²) in [5.74, 6) is -2.20. The number of hydrogen-bond acceptors (Lipinski definition) is 12. The van der Waals surface area contributed by atoms with Crippen LogP contribution in [0.15, 0.2) is 66.7 Å². The molecule has 3 aromatic rings. The van der Waals surface area contributed by atoms with Gasteiger partial charge in [-0.3, -0.25) is 14.4 Å². The van der Waals surface area contributed by atoms with E-state index in [-0.39, 0.29) is 56.6 Å². The Hall–Kier alpha value is -6.39. The maximum absolute atomic E-state index is 14.1. The number of rotatable bonds is 22. The van der Waals surface area contributed by atoms with E-state index < -0.39 is 70.9 Å². The maximum Gasteiger partial charge on any atom is 0.407 e. The molecule has 5 N–H and O–H groups in total. The Bertz CT molecular complexity index is 2260. The molecule has 1 saturated carbocycles. The van der Waals surface area contributed by atoms with Gasteiger partial charge >= 0.3 is 30.0 Å². The van der Waals surface area contributed by atoms with E-state index in [9.17, 15) is 33.6 Å². The highest BCUT2D eigenvalue weighted by atomic mass is 16.6. The molecule has 1 aliphatic carbocycles. The molecular weight excluding hydrogens is 911 g/mol. The standard InChI is InChI=1S/C54H77N5O12/c1-52(2,3)69-44(60)30-29-42(49(64)71-54(7,8)9)59-50(65)58-41(48(63)70-53(4,5)6)22-16-17-31-55-47(62)43(32-39-28-27-37-20-14-15-21-40(37)45(39)67-10)57-46(61)38-25-23-35(24-26-38)33-56-51(66)68-34-36-18-12-11-13-19-36/h11-15,18-21,27-28,35,38,41-43H,16-17,22-26,29-34H2,1-10H3,(H,55,62)(H,56,66)(H,57,61)(H2,58,59,65)/t35?,38?,41-,42-,43+/m0/s1. The number of benzene rings is 3. The third-order valence-corrected chi connectivity index (χ3v) is 11.5. The topological polar surface area (TPSA) is 226 Å². The molecule has 0 saturated heterocycles. The van der Waals surface area contributed by atoms with Gasteiger partial charge < -0.3 is 50.3 Å². The maximum atomic E-state index is 14.1. The minimum atomic E-state index is -1.24. The van der Waals surface area contributed by atoms with Crippen molar-refractivity contribution in [2.75, 3.05) is 20.2 Å². The van der Waals surface area contributed by atoms with Gasteiger partial charge in [-0.2, -0.15) is 0 Å². The van der Waals surface area contributed by atoms with Crippen LogP contribution in [0.5, 0.6) is 5.75 Å². The minimum absolute atomic E-state index is 0.114. The first-order valence-corrected chi connectivity index (χ1v) is 24.7. The van der Waals surface area contributed by atoms with E-state index in [4.69, 9.17) is 23.7 Å². The van der Waals surface area contributed by atoms with Crippen LogP contribution in [0.1, 0.15) is 131 Å². The van der Waals surface area contributed by atoms with Crippen LogP contribution in [-0.2, 0) is 55.9 Å². The van der Waals surface area contributed by atoms with Crippen LogP contribution >= 0.6 is 0 Å². The van der Waals surface area contributed by atoms with E-state index in [1.165, 1.54) is 0 Å². The highest BCUT2D eigenvalue weighted by molar-refractivity contribution is 5.92. The Kier molecular flexibility index (Phi) is 21.5. The van der Waals surface area contributed by atoms with Crippen LogP contribution in [-0.4, -0.2) is 97.0 Å². The molecular formula is C54H77N5O12. The molecule has 0 aromatic heterocycles. The number of carbonyl (C=O) groups is 7. The molecule has 390 valence electrons. The summed E-state index contributed by atoms with van der Waals surface area (Å²) in [6.45, 7) is 16.1. The third-order valence-electron chi connectivity index (χ3n) is 11.5. The molecule has 5 amide bonds. The highest BCUT2D eigenvalue weighted by Crippen LogP contribution is 2.32. The van der Waals surface area contributed by atoms with Crippen LogP contribution in [0.25, 0.3) is 10.8 Å². The molecule has 71 heavy (non-hydrogen) atoms. The van der Waals surface area contributed by atoms with E-state index >= 15 is 0 Å². The lowest BCUT2D eigenvalue weighted by atomic mass is 9.81. The molecule has 3 aromatic carbocycles. The van der Waals surface area contributed by atoms with Crippen LogP contribution in [0.3, 0.4) is 0 Å². The summed E-state index contributed by atoms with van der Waals surface area (Å²) in [5, 5.41) is 15.9. The SMILES string of the molecule is COc1c(C[C@@H](NC(=O)C2CCC(CNC(=O)OCc3ccccc3)CC2)C(=O)NCCCC[C@H](NC(=O)N[C@@H](CCC(=O)OC(C)(C)C)C(=O)OC(C)(C)C)C(=O)OC(C)(C)C)ccc2ccccc12. The normalized spacial score (nSPS) is 16.3. The number of hydrogen-bond donors (Lipinski definition) is 5. The monoisotopic (exact) mass is 988 g/mol. The Labute approximate surface area is 418 Å². The van der Waals surface area contributed by atoms with Gasteiger partial charge in [0.25, 0.3) is 0 Å². The number of carbonyl (C=O) groups excluding carboxylic acids is 7. The van der Waals surface area contributed by atoms with E-state index in [1.54, 1.807) is 69.4 Å². The summed E-state index contributed by atoms with van der Waals surface area (Å²) in [6, 6.07) is 16.9. The third kappa shape index (κ3) is 20.9. The average molecular weight is 988 g/mol. The Morgan fingerprint density at radius 3 is 1.83 bits per heavy atom. The van der Waals surface area contributed by atoms with Crippen LogP contribution in [0.2, 0.25) is 0 Å². The van der Waals surface area contributed by atoms with Gasteiger partial charge in [0.2, 0.25) is 11.8 Å². The first-order chi connectivity index (χ1) is 33.4. The summed E-state index contributed by atoms with van der Waals surface area (Å²) >= 11 is 0. The van der Waals surface area contributed by atoms with Crippen molar-refractivity contribution in [3.05, 3.63) is 77.9 Å². The lowest BCUT2D eigenvalue weighted by Crippen LogP contribution is -2.53. The van der Waals surface area contributed by atoms with Gasteiger partial charge in [0.1, 0.15) is 47.3 Å². The zero-order valence-electron chi connectivity index (χ0n) is 43.3. The van der Waals surface area contributed by atoms with Gasteiger partial charge in [-0.25, -0.2) is 19.2 Å². The number of ether oxygens (including phenoxy) is 5. The first kappa shape index (κ1) is 57.2. The number of alkyl carbamates (subject to hydrolysis) is 1.